The molecule has 0 fully saturated rings. The third-order valence-electron chi connectivity index (χ3n) is 1.97. The minimum absolute atomic E-state index is 0.296. The zero-order valence-electron chi connectivity index (χ0n) is 13.4. The van der Waals surface area contributed by atoms with E-state index in [0.717, 1.165) is 11.1 Å². The maximum Gasteiger partial charge on any atom is 0.170 e. The van der Waals surface area contributed by atoms with E-state index in [-0.39, 0.29) is 0 Å². The monoisotopic (exact) mass is 296 g/mol. The van der Waals surface area contributed by atoms with Gasteiger partial charge in [-0.1, -0.05) is 24.3 Å². The third-order valence-corrected chi connectivity index (χ3v) is 6.87. The number of phenolic OH excluding ortho intramolecular Hbond substituents is 1. The molecule has 0 atom stereocenters. The lowest BCUT2D eigenvalue weighted by Crippen LogP contribution is -2.39. The highest BCUT2D eigenvalue weighted by molar-refractivity contribution is 6.83. The standard InChI is InChI=1S/C9H10O.C6H18OSi2/c1-7(2)8-3-5-9(10)6-4-8;1-8(2,3)7-9(4,5)6/h3-6,10H,1H2,2H3;1-6H3. The van der Waals surface area contributed by atoms with Crippen LogP contribution in [0.1, 0.15) is 12.5 Å². The first-order valence-corrected chi connectivity index (χ1v) is 13.4. The van der Waals surface area contributed by atoms with Crippen molar-refractivity contribution in [1.29, 1.82) is 0 Å². The van der Waals surface area contributed by atoms with E-state index < -0.39 is 16.6 Å². The van der Waals surface area contributed by atoms with Gasteiger partial charge >= 0.3 is 0 Å². The molecular weight excluding hydrogens is 268 g/mol. The largest absolute Gasteiger partial charge is 0.508 e. The van der Waals surface area contributed by atoms with Crippen molar-refractivity contribution in [2.45, 2.75) is 46.2 Å². The molecule has 0 bridgehead atoms. The highest BCUT2D eigenvalue weighted by atomic mass is 28.4. The maximum atomic E-state index is 8.91. The van der Waals surface area contributed by atoms with Crippen LogP contribution >= 0.6 is 0 Å². The predicted molar refractivity (Wildman–Crippen MR) is 90.6 cm³/mol. The summed E-state index contributed by atoms with van der Waals surface area (Å²) in [5, 5.41) is 8.91. The molecule has 0 aliphatic rings. The molecule has 0 aliphatic carbocycles. The molecule has 108 valence electrons. The molecule has 1 aromatic carbocycles. The minimum atomic E-state index is -1.23. The van der Waals surface area contributed by atoms with Crippen molar-refractivity contribution in [3.63, 3.8) is 0 Å². The van der Waals surface area contributed by atoms with Crippen LogP contribution in [-0.4, -0.2) is 21.7 Å². The topological polar surface area (TPSA) is 29.5 Å². The highest BCUT2D eigenvalue weighted by Crippen LogP contribution is 2.15. The number of aromatic hydroxyl groups is 1. The van der Waals surface area contributed by atoms with E-state index in [1.807, 2.05) is 19.1 Å². The lowest BCUT2D eigenvalue weighted by molar-refractivity contribution is 0.475. The average molecular weight is 297 g/mol. The van der Waals surface area contributed by atoms with Crippen LogP contribution in [0.5, 0.6) is 5.75 Å². The van der Waals surface area contributed by atoms with Gasteiger partial charge in [-0.25, -0.2) is 0 Å². The second-order valence-electron chi connectivity index (χ2n) is 6.65. The first-order valence-electron chi connectivity index (χ1n) is 6.56. The molecule has 0 saturated heterocycles. The molecule has 0 aliphatic heterocycles. The SMILES string of the molecule is C=C(C)c1ccc(O)cc1.C[Si](C)(C)O[Si](C)(C)C. The fraction of sp³-hybridized carbons (Fsp3) is 0.467. The van der Waals surface area contributed by atoms with Gasteiger partial charge < -0.3 is 9.22 Å². The van der Waals surface area contributed by atoms with Crippen LogP contribution in [0.15, 0.2) is 30.8 Å². The normalized spacial score (nSPS) is 11.5. The van der Waals surface area contributed by atoms with Crippen molar-refractivity contribution in [2.24, 2.45) is 0 Å². The lowest BCUT2D eigenvalue weighted by Gasteiger charge is -2.27. The first kappa shape index (κ1) is 18.2. The summed E-state index contributed by atoms with van der Waals surface area (Å²) in [5.74, 6) is 0.296. The number of phenols is 1. The minimum Gasteiger partial charge on any atom is -0.508 e. The number of hydrogen-bond donors (Lipinski definition) is 1. The van der Waals surface area contributed by atoms with Gasteiger partial charge in [-0.2, -0.15) is 0 Å². The van der Waals surface area contributed by atoms with Crippen LogP contribution in [-0.2, 0) is 4.12 Å². The van der Waals surface area contributed by atoms with Gasteiger partial charge in [0.15, 0.2) is 16.6 Å². The summed E-state index contributed by atoms with van der Waals surface area (Å²) < 4.78 is 5.90. The van der Waals surface area contributed by atoms with E-state index in [1.165, 1.54) is 0 Å². The molecule has 1 aromatic rings. The Morgan fingerprint density at radius 1 is 0.947 bits per heavy atom. The van der Waals surface area contributed by atoms with Crippen molar-refractivity contribution in [3.05, 3.63) is 36.4 Å². The van der Waals surface area contributed by atoms with Gasteiger partial charge in [0.1, 0.15) is 5.75 Å². The van der Waals surface area contributed by atoms with Crippen LogP contribution in [0.25, 0.3) is 5.57 Å². The average Bonchev–Trinajstić information content (AvgIpc) is 2.13. The molecule has 0 aromatic heterocycles. The highest BCUT2D eigenvalue weighted by Gasteiger charge is 2.24. The second-order valence-corrected chi connectivity index (χ2v) is 15.9. The summed E-state index contributed by atoms with van der Waals surface area (Å²) in [4.78, 5) is 0. The Bertz CT molecular complexity index is 386. The molecule has 0 radical (unpaired) electrons. The summed E-state index contributed by atoms with van der Waals surface area (Å²) in [6.07, 6.45) is 0. The van der Waals surface area contributed by atoms with Gasteiger partial charge in [-0.15, -0.1) is 0 Å². The molecule has 0 amide bonds. The fourth-order valence-electron chi connectivity index (χ4n) is 1.66. The second kappa shape index (κ2) is 7.07. The van der Waals surface area contributed by atoms with Crippen molar-refractivity contribution in [2.75, 3.05) is 0 Å². The lowest BCUT2D eigenvalue weighted by atomic mass is 10.1. The van der Waals surface area contributed by atoms with Crippen LogP contribution in [0.4, 0.5) is 0 Å². The molecule has 2 nitrogen and oxygen atoms in total. The van der Waals surface area contributed by atoms with E-state index in [9.17, 15) is 0 Å². The molecule has 1 rings (SSSR count). The zero-order valence-corrected chi connectivity index (χ0v) is 15.4. The van der Waals surface area contributed by atoms with Gasteiger partial charge in [0.2, 0.25) is 0 Å². The van der Waals surface area contributed by atoms with Crippen LogP contribution < -0.4 is 0 Å². The van der Waals surface area contributed by atoms with Gasteiger partial charge in [-0.3, -0.25) is 0 Å². The Kier molecular flexibility index (Phi) is 6.76. The van der Waals surface area contributed by atoms with E-state index in [4.69, 9.17) is 9.22 Å². The number of hydrogen-bond acceptors (Lipinski definition) is 2. The summed E-state index contributed by atoms with van der Waals surface area (Å²) in [5.41, 5.74) is 2.08. The molecule has 0 heterocycles. The van der Waals surface area contributed by atoms with E-state index in [0.29, 0.717) is 5.75 Å². The van der Waals surface area contributed by atoms with Gasteiger partial charge in [0.25, 0.3) is 0 Å². The van der Waals surface area contributed by atoms with E-state index in [1.54, 1.807) is 12.1 Å². The number of rotatable bonds is 3. The Morgan fingerprint density at radius 3 is 1.53 bits per heavy atom. The Hall–Kier alpha value is -0.846. The van der Waals surface area contributed by atoms with E-state index >= 15 is 0 Å². The molecule has 0 unspecified atom stereocenters. The molecule has 1 N–H and O–H groups in total. The molecule has 4 heteroatoms. The third kappa shape index (κ3) is 10.7. The molecule has 19 heavy (non-hydrogen) atoms. The predicted octanol–water partition coefficient (Wildman–Crippen LogP) is 5.10. The van der Waals surface area contributed by atoms with Crippen molar-refractivity contribution < 1.29 is 9.22 Å². The molecular formula is C15H28O2Si2. The first-order chi connectivity index (χ1) is 8.41. The smallest absolute Gasteiger partial charge is 0.170 e. The van der Waals surface area contributed by atoms with Gasteiger partial charge in [0, 0.05) is 0 Å². The maximum absolute atomic E-state index is 8.91. The summed E-state index contributed by atoms with van der Waals surface area (Å²) in [6, 6.07) is 7.00. The Morgan fingerprint density at radius 2 is 1.32 bits per heavy atom. The van der Waals surface area contributed by atoms with Crippen molar-refractivity contribution in [3.8, 4) is 5.75 Å². The molecule has 0 saturated carbocycles. The molecule has 0 spiro atoms. The number of allylic oxidation sites excluding steroid dienone is 1. The van der Waals surface area contributed by atoms with Gasteiger partial charge in [0.05, 0.1) is 0 Å². The van der Waals surface area contributed by atoms with Crippen LogP contribution in [0, 0.1) is 0 Å². The quantitative estimate of drug-likeness (QED) is 0.786. The van der Waals surface area contributed by atoms with Gasteiger partial charge in [-0.05, 0) is 63.9 Å². The van der Waals surface area contributed by atoms with Crippen LogP contribution in [0.2, 0.25) is 39.3 Å². The van der Waals surface area contributed by atoms with Crippen molar-refractivity contribution >= 4 is 22.2 Å². The number of benzene rings is 1. The summed E-state index contributed by atoms with van der Waals surface area (Å²) >= 11 is 0. The van der Waals surface area contributed by atoms with Crippen LogP contribution in [0.3, 0.4) is 0 Å². The zero-order chi connectivity index (χ0) is 15.3. The van der Waals surface area contributed by atoms with Crippen molar-refractivity contribution in [1.82, 2.24) is 0 Å². The summed E-state index contributed by atoms with van der Waals surface area (Å²) in [6.45, 7) is 19.2. The summed E-state index contributed by atoms with van der Waals surface area (Å²) in [7, 11) is -2.46. The van der Waals surface area contributed by atoms with E-state index in [2.05, 4.69) is 45.9 Å². The fourth-order valence-corrected chi connectivity index (χ4v) is 9.01. The Labute approximate surface area is 120 Å². The Balaban J connectivity index is 0.000000344.